The van der Waals surface area contributed by atoms with E-state index in [1.807, 2.05) is 30.3 Å². The van der Waals surface area contributed by atoms with Crippen molar-refractivity contribution in [2.45, 2.75) is 30.8 Å². The van der Waals surface area contributed by atoms with Gasteiger partial charge in [0.1, 0.15) is 0 Å². The van der Waals surface area contributed by atoms with Gasteiger partial charge in [-0.1, -0.05) is 41.9 Å². The molecule has 30 heavy (non-hydrogen) atoms. The Labute approximate surface area is 188 Å². The summed E-state index contributed by atoms with van der Waals surface area (Å²) in [6.45, 7) is 6.08. The van der Waals surface area contributed by atoms with Crippen LogP contribution in [0.3, 0.4) is 0 Å². The molecule has 3 aromatic carbocycles. The van der Waals surface area contributed by atoms with Gasteiger partial charge in [-0.3, -0.25) is 4.72 Å². The summed E-state index contributed by atoms with van der Waals surface area (Å²) in [5.74, 6) is 0. The van der Waals surface area contributed by atoms with Gasteiger partial charge in [-0.25, -0.2) is 8.42 Å². The molecule has 0 aliphatic carbocycles. The largest absolute Gasteiger partial charge is 0.368 e. The molecule has 1 heterocycles. The lowest BCUT2D eigenvalue weighted by molar-refractivity contribution is 0.407. The molecule has 0 aromatic heterocycles. The zero-order valence-corrected chi connectivity index (χ0v) is 19.2. The third kappa shape index (κ3) is 4.67. The highest BCUT2D eigenvalue weighted by molar-refractivity contribution is 7.93. The second-order valence-electron chi connectivity index (χ2n) is 7.62. The van der Waals surface area contributed by atoms with Gasteiger partial charge in [-0.05, 0) is 44.2 Å². The summed E-state index contributed by atoms with van der Waals surface area (Å²) in [5.41, 5.74) is 1.50. The third-order valence-electron chi connectivity index (χ3n) is 5.13. The van der Waals surface area contributed by atoms with Gasteiger partial charge < -0.3 is 10.2 Å². The molecule has 1 aliphatic rings. The molecular formula is C22H25Cl2N3O2S. The van der Waals surface area contributed by atoms with Gasteiger partial charge in [0.25, 0.3) is 10.0 Å². The monoisotopic (exact) mass is 465 g/mol. The first-order valence-electron chi connectivity index (χ1n) is 9.64. The van der Waals surface area contributed by atoms with Crippen LogP contribution in [0.25, 0.3) is 10.8 Å². The minimum absolute atomic E-state index is 0. The van der Waals surface area contributed by atoms with Crippen molar-refractivity contribution >= 4 is 56.2 Å². The van der Waals surface area contributed by atoms with Crippen molar-refractivity contribution in [3.05, 3.63) is 65.7 Å². The molecule has 1 saturated heterocycles. The van der Waals surface area contributed by atoms with Crippen LogP contribution < -0.4 is 14.9 Å². The summed E-state index contributed by atoms with van der Waals surface area (Å²) in [5, 5.41) is 5.66. The van der Waals surface area contributed by atoms with Crippen LogP contribution in [0.2, 0.25) is 5.02 Å². The van der Waals surface area contributed by atoms with Crippen LogP contribution in [-0.4, -0.2) is 33.6 Å². The molecule has 1 fully saturated rings. The number of benzene rings is 3. The predicted molar refractivity (Wildman–Crippen MR) is 128 cm³/mol. The molecule has 3 aromatic rings. The van der Waals surface area contributed by atoms with Crippen LogP contribution in [0, 0.1) is 0 Å². The molecule has 0 amide bonds. The van der Waals surface area contributed by atoms with Gasteiger partial charge in [-0.2, -0.15) is 0 Å². The minimum Gasteiger partial charge on any atom is -0.368 e. The first kappa shape index (κ1) is 22.7. The fourth-order valence-electron chi connectivity index (χ4n) is 4.05. The molecule has 5 nitrogen and oxygen atoms in total. The lowest BCUT2D eigenvalue weighted by Gasteiger charge is -2.38. The van der Waals surface area contributed by atoms with Gasteiger partial charge in [0.2, 0.25) is 0 Å². The minimum atomic E-state index is -3.77. The van der Waals surface area contributed by atoms with Gasteiger partial charge >= 0.3 is 0 Å². The number of halogens is 2. The maximum absolute atomic E-state index is 13.1. The maximum atomic E-state index is 13.1. The number of nitrogens with zero attached hydrogens (tertiary/aromatic N) is 1. The molecular weight excluding hydrogens is 441 g/mol. The number of hydrogen-bond donors (Lipinski definition) is 2. The summed E-state index contributed by atoms with van der Waals surface area (Å²) in [7, 11) is -3.77. The van der Waals surface area contributed by atoms with Crippen LogP contribution in [0.4, 0.5) is 11.4 Å². The molecule has 0 bridgehead atoms. The van der Waals surface area contributed by atoms with Crippen molar-refractivity contribution in [3.63, 3.8) is 0 Å². The highest BCUT2D eigenvalue weighted by Gasteiger charge is 2.25. The molecule has 0 unspecified atom stereocenters. The average molecular weight is 466 g/mol. The van der Waals surface area contributed by atoms with Gasteiger partial charge in [0.05, 0.1) is 10.6 Å². The number of fused-ring (bicyclic) bond motifs is 1. The van der Waals surface area contributed by atoms with E-state index in [4.69, 9.17) is 11.6 Å². The Hall–Kier alpha value is -1.99. The number of nitrogens with one attached hydrogen (secondary N) is 2. The lowest BCUT2D eigenvalue weighted by atomic mass is 10.1. The fraction of sp³-hybridized carbons (Fsp3) is 0.273. The van der Waals surface area contributed by atoms with E-state index in [0.717, 1.165) is 24.2 Å². The van der Waals surface area contributed by atoms with Crippen LogP contribution in [0.1, 0.15) is 13.8 Å². The first-order chi connectivity index (χ1) is 13.8. The first-order valence-corrected chi connectivity index (χ1v) is 11.5. The SMILES string of the molecule is C[C@@H]1CN(c2ccc(S(=O)(=O)Nc3cccc(Cl)c3)c3ccccc23)C[C@H](C)N1.Cl. The second-order valence-corrected chi connectivity index (χ2v) is 9.71. The van der Waals surface area contributed by atoms with E-state index in [9.17, 15) is 8.42 Å². The molecule has 160 valence electrons. The average Bonchev–Trinajstić information content (AvgIpc) is 2.66. The van der Waals surface area contributed by atoms with Gasteiger partial charge in [-0.15, -0.1) is 12.4 Å². The number of anilines is 2. The maximum Gasteiger partial charge on any atom is 0.262 e. The normalized spacial score (nSPS) is 19.4. The van der Waals surface area contributed by atoms with E-state index < -0.39 is 10.0 Å². The molecule has 2 N–H and O–H groups in total. The van der Waals surface area contributed by atoms with Gasteiger partial charge in [0.15, 0.2) is 0 Å². The Bertz CT molecular complexity index is 1140. The van der Waals surface area contributed by atoms with Crippen molar-refractivity contribution in [1.82, 2.24) is 5.32 Å². The predicted octanol–water partition coefficient (Wildman–Crippen LogP) is 4.90. The Morgan fingerprint density at radius 2 is 1.63 bits per heavy atom. The summed E-state index contributed by atoms with van der Waals surface area (Å²) < 4.78 is 28.9. The Balaban J connectivity index is 0.00000256. The molecule has 0 saturated carbocycles. The number of sulfonamides is 1. The molecule has 0 radical (unpaired) electrons. The highest BCUT2D eigenvalue weighted by Crippen LogP contribution is 2.33. The topological polar surface area (TPSA) is 61.4 Å². The lowest BCUT2D eigenvalue weighted by Crippen LogP contribution is -2.54. The Kier molecular flexibility index (Phi) is 6.82. The van der Waals surface area contributed by atoms with E-state index in [0.29, 0.717) is 28.2 Å². The number of piperazine rings is 1. The summed E-state index contributed by atoms with van der Waals surface area (Å²) in [4.78, 5) is 2.59. The molecule has 8 heteroatoms. The smallest absolute Gasteiger partial charge is 0.262 e. The van der Waals surface area contributed by atoms with E-state index >= 15 is 0 Å². The van der Waals surface area contributed by atoms with Gasteiger partial charge in [0, 0.05) is 46.7 Å². The van der Waals surface area contributed by atoms with Crippen LogP contribution >= 0.6 is 24.0 Å². The molecule has 1 aliphatic heterocycles. The van der Waals surface area contributed by atoms with Crippen molar-refractivity contribution in [1.29, 1.82) is 0 Å². The van der Waals surface area contributed by atoms with E-state index in [1.165, 1.54) is 0 Å². The van der Waals surface area contributed by atoms with Crippen LogP contribution in [-0.2, 0) is 10.0 Å². The quantitative estimate of drug-likeness (QED) is 0.574. The Morgan fingerprint density at radius 1 is 0.967 bits per heavy atom. The molecule has 4 rings (SSSR count). The van der Waals surface area contributed by atoms with Crippen molar-refractivity contribution in [2.75, 3.05) is 22.7 Å². The number of rotatable bonds is 4. The molecule has 2 atom stereocenters. The summed E-state index contributed by atoms with van der Waals surface area (Å²) >= 11 is 6.00. The second kappa shape index (κ2) is 9.02. The summed E-state index contributed by atoms with van der Waals surface area (Å²) in [6, 6.07) is 18.7. The van der Waals surface area contributed by atoms with Crippen molar-refractivity contribution in [2.24, 2.45) is 0 Å². The standard InChI is InChI=1S/C22H24ClN3O2S.ClH/c1-15-13-26(14-16(2)24-15)21-10-11-22(20-9-4-3-8-19(20)21)29(27,28)25-18-7-5-6-17(23)12-18;/h3-12,15-16,24-25H,13-14H2,1-2H3;1H/t15-,16+;. The molecule has 0 spiro atoms. The van der Waals surface area contributed by atoms with E-state index in [1.54, 1.807) is 30.3 Å². The third-order valence-corrected chi connectivity index (χ3v) is 6.80. The number of hydrogen-bond acceptors (Lipinski definition) is 4. The van der Waals surface area contributed by atoms with E-state index in [-0.39, 0.29) is 17.3 Å². The van der Waals surface area contributed by atoms with Crippen molar-refractivity contribution < 1.29 is 8.42 Å². The fourth-order valence-corrected chi connectivity index (χ4v) is 5.50. The zero-order chi connectivity index (χ0) is 20.6. The zero-order valence-electron chi connectivity index (χ0n) is 16.8. The van der Waals surface area contributed by atoms with Crippen molar-refractivity contribution in [3.8, 4) is 0 Å². The van der Waals surface area contributed by atoms with E-state index in [2.05, 4.69) is 28.8 Å². The summed E-state index contributed by atoms with van der Waals surface area (Å²) in [6.07, 6.45) is 0. The Morgan fingerprint density at radius 3 is 2.30 bits per heavy atom. The highest BCUT2D eigenvalue weighted by atomic mass is 35.5. The van der Waals surface area contributed by atoms with Crippen LogP contribution in [0.5, 0.6) is 0 Å². The van der Waals surface area contributed by atoms with Crippen LogP contribution in [0.15, 0.2) is 65.6 Å².